The third-order valence-corrected chi connectivity index (χ3v) is 5.83. The number of hydrogen-bond acceptors (Lipinski definition) is 5. The number of anilines is 1. The molecule has 172 valence electrons. The van der Waals surface area contributed by atoms with Crippen molar-refractivity contribution in [3.63, 3.8) is 0 Å². The number of benzene rings is 2. The lowest BCUT2D eigenvalue weighted by atomic mass is 10.0. The number of rotatable bonds is 7. The van der Waals surface area contributed by atoms with Crippen LogP contribution in [0.5, 0.6) is 5.75 Å². The van der Waals surface area contributed by atoms with Gasteiger partial charge in [-0.15, -0.1) is 13.2 Å². The molecular weight excluding hydrogens is 455 g/mol. The fraction of sp³-hybridized carbons (Fsp3) is 0.250. The van der Waals surface area contributed by atoms with Crippen molar-refractivity contribution in [1.82, 2.24) is 9.88 Å². The molecule has 0 N–H and O–H groups in total. The van der Waals surface area contributed by atoms with Crippen LogP contribution in [0.1, 0.15) is 28.3 Å². The van der Waals surface area contributed by atoms with E-state index in [0.717, 1.165) is 34.2 Å². The standard InChI is InChI=1S/C24H21ClF3N3O2/c1-30(12-17-3-2-8-29-11-17)19-9-18-14-31(22(15-32)23(18)21(25)10-19)13-16-4-6-20(7-5-16)33-24(26,27)28/h2-11,15,22H,12-14H2,1H3. The van der Waals surface area contributed by atoms with Gasteiger partial charge in [-0.25, -0.2) is 0 Å². The molecule has 1 aliphatic heterocycles. The number of carbonyl (C=O) groups is 1. The molecule has 33 heavy (non-hydrogen) atoms. The van der Waals surface area contributed by atoms with Crippen LogP contribution in [0, 0.1) is 0 Å². The van der Waals surface area contributed by atoms with Crippen LogP contribution < -0.4 is 9.64 Å². The normalized spacial score (nSPS) is 15.8. The minimum atomic E-state index is -4.74. The van der Waals surface area contributed by atoms with Crippen LogP contribution in [-0.2, 0) is 24.4 Å². The molecule has 0 radical (unpaired) electrons. The quantitative estimate of drug-likeness (QED) is 0.421. The lowest BCUT2D eigenvalue weighted by Crippen LogP contribution is -2.22. The van der Waals surface area contributed by atoms with Crippen LogP contribution in [0.4, 0.5) is 18.9 Å². The van der Waals surface area contributed by atoms with Crippen LogP contribution >= 0.6 is 11.6 Å². The number of carbonyl (C=O) groups excluding carboxylic acids is 1. The largest absolute Gasteiger partial charge is 0.573 e. The molecule has 0 saturated carbocycles. The van der Waals surface area contributed by atoms with Gasteiger partial charge in [0.05, 0.1) is 6.04 Å². The zero-order chi connectivity index (χ0) is 23.6. The van der Waals surface area contributed by atoms with Crippen LogP contribution in [-0.4, -0.2) is 29.6 Å². The highest BCUT2D eigenvalue weighted by Crippen LogP contribution is 2.41. The predicted molar refractivity (Wildman–Crippen MR) is 119 cm³/mol. The van der Waals surface area contributed by atoms with Gasteiger partial charge in [0.25, 0.3) is 0 Å². The van der Waals surface area contributed by atoms with Crippen molar-refractivity contribution in [2.75, 3.05) is 11.9 Å². The summed E-state index contributed by atoms with van der Waals surface area (Å²) in [5, 5.41) is 0.508. The molecule has 2 heterocycles. The SMILES string of the molecule is CN(Cc1cccnc1)c1cc(Cl)c2c(c1)CN(Cc1ccc(OC(F)(F)F)cc1)C2C=O. The number of pyridine rings is 1. The first-order valence-corrected chi connectivity index (χ1v) is 10.6. The topological polar surface area (TPSA) is 45.7 Å². The van der Waals surface area contributed by atoms with E-state index in [0.29, 0.717) is 24.7 Å². The number of aldehydes is 1. The third kappa shape index (κ3) is 5.46. The maximum absolute atomic E-state index is 12.4. The highest BCUT2D eigenvalue weighted by atomic mass is 35.5. The summed E-state index contributed by atoms with van der Waals surface area (Å²) in [5.41, 5.74) is 4.45. The van der Waals surface area contributed by atoms with E-state index < -0.39 is 12.4 Å². The Morgan fingerprint density at radius 1 is 1.21 bits per heavy atom. The number of nitrogens with zero attached hydrogens (tertiary/aromatic N) is 3. The molecule has 0 fully saturated rings. The monoisotopic (exact) mass is 475 g/mol. The molecule has 2 aromatic carbocycles. The number of hydrogen-bond donors (Lipinski definition) is 0. The Hall–Kier alpha value is -3.10. The number of ether oxygens (including phenoxy) is 1. The molecule has 0 saturated heterocycles. The first kappa shape index (κ1) is 23.1. The zero-order valence-electron chi connectivity index (χ0n) is 17.7. The first-order valence-electron chi connectivity index (χ1n) is 10.2. The van der Waals surface area contributed by atoms with E-state index in [9.17, 15) is 18.0 Å². The van der Waals surface area contributed by atoms with Crippen molar-refractivity contribution in [3.8, 4) is 5.75 Å². The molecule has 1 atom stereocenters. The van der Waals surface area contributed by atoms with Gasteiger partial charge in [-0.2, -0.15) is 0 Å². The third-order valence-electron chi connectivity index (χ3n) is 5.52. The van der Waals surface area contributed by atoms with Gasteiger partial charge < -0.3 is 14.4 Å². The molecule has 1 unspecified atom stereocenters. The van der Waals surface area contributed by atoms with Gasteiger partial charge in [-0.3, -0.25) is 9.88 Å². The van der Waals surface area contributed by atoms with E-state index in [4.69, 9.17) is 11.6 Å². The van der Waals surface area contributed by atoms with Crippen molar-refractivity contribution < 1.29 is 22.7 Å². The Labute approximate surface area is 194 Å². The number of fused-ring (bicyclic) bond motifs is 1. The molecule has 9 heteroatoms. The van der Waals surface area contributed by atoms with Crippen molar-refractivity contribution in [3.05, 3.63) is 88.2 Å². The maximum atomic E-state index is 12.4. The molecular formula is C24H21ClF3N3O2. The molecule has 0 aliphatic carbocycles. The van der Waals surface area contributed by atoms with Gasteiger partial charge in [0, 0.05) is 49.8 Å². The number of alkyl halides is 3. The summed E-state index contributed by atoms with van der Waals surface area (Å²) in [7, 11) is 1.96. The second-order valence-corrected chi connectivity index (χ2v) is 8.30. The average molecular weight is 476 g/mol. The van der Waals surface area contributed by atoms with Gasteiger partial charge in [-0.1, -0.05) is 29.8 Å². The molecule has 0 amide bonds. The molecule has 1 aliphatic rings. The molecule has 4 rings (SSSR count). The van der Waals surface area contributed by atoms with Crippen molar-refractivity contribution in [2.45, 2.75) is 32.0 Å². The van der Waals surface area contributed by atoms with E-state index >= 15 is 0 Å². The molecule has 5 nitrogen and oxygen atoms in total. The summed E-state index contributed by atoms with van der Waals surface area (Å²) in [5.74, 6) is -0.285. The molecule has 0 spiro atoms. The van der Waals surface area contributed by atoms with Crippen molar-refractivity contribution >= 4 is 23.6 Å². The second-order valence-electron chi connectivity index (χ2n) is 7.90. The highest BCUT2D eigenvalue weighted by molar-refractivity contribution is 6.32. The van der Waals surface area contributed by atoms with Crippen LogP contribution in [0.3, 0.4) is 0 Å². The fourth-order valence-corrected chi connectivity index (χ4v) is 4.38. The van der Waals surface area contributed by atoms with Gasteiger partial charge in [0.1, 0.15) is 12.0 Å². The van der Waals surface area contributed by atoms with Gasteiger partial charge in [-0.05, 0) is 52.6 Å². The van der Waals surface area contributed by atoms with Gasteiger partial charge >= 0.3 is 6.36 Å². The Balaban J connectivity index is 1.51. The summed E-state index contributed by atoms with van der Waals surface area (Å²) < 4.78 is 41.1. The highest BCUT2D eigenvalue weighted by Gasteiger charge is 2.33. The van der Waals surface area contributed by atoms with Gasteiger partial charge in [0.15, 0.2) is 0 Å². The van der Waals surface area contributed by atoms with E-state index in [1.165, 1.54) is 12.1 Å². The second kappa shape index (κ2) is 9.41. The smallest absolute Gasteiger partial charge is 0.406 e. The van der Waals surface area contributed by atoms with E-state index in [1.807, 2.05) is 36.2 Å². The van der Waals surface area contributed by atoms with Crippen LogP contribution in [0.2, 0.25) is 5.02 Å². The Morgan fingerprint density at radius 2 is 1.97 bits per heavy atom. The molecule has 1 aromatic heterocycles. The van der Waals surface area contributed by atoms with Crippen molar-refractivity contribution in [1.29, 1.82) is 0 Å². The van der Waals surface area contributed by atoms with Crippen LogP contribution in [0.15, 0.2) is 60.9 Å². The van der Waals surface area contributed by atoms with E-state index in [2.05, 4.69) is 14.6 Å². The Morgan fingerprint density at radius 3 is 2.61 bits per heavy atom. The Kier molecular flexibility index (Phi) is 6.58. The van der Waals surface area contributed by atoms with E-state index in [1.54, 1.807) is 24.5 Å². The minimum Gasteiger partial charge on any atom is -0.406 e. The summed E-state index contributed by atoms with van der Waals surface area (Å²) in [4.78, 5) is 20.1. The van der Waals surface area contributed by atoms with Crippen LogP contribution in [0.25, 0.3) is 0 Å². The molecule has 0 bridgehead atoms. The predicted octanol–water partition coefficient (Wildman–Crippen LogP) is 5.53. The Bertz CT molecular complexity index is 1120. The summed E-state index contributed by atoms with van der Waals surface area (Å²) in [6.07, 6.45) is -0.362. The average Bonchev–Trinajstić information content (AvgIpc) is 3.12. The lowest BCUT2D eigenvalue weighted by Gasteiger charge is -2.21. The van der Waals surface area contributed by atoms with Crippen molar-refractivity contribution in [2.24, 2.45) is 0 Å². The number of aromatic nitrogens is 1. The lowest BCUT2D eigenvalue weighted by molar-refractivity contribution is -0.274. The summed E-state index contributed by atoms with van der Waals surface area (Å²) >= 11 is 6.60. The maximum Gasteiger partial charge on any atom is 0.573 e. The van der Waals surface area contributed by atoms with Gasteiger partial charge in [0.2, 0.25) is 0 Å². The number of halogens is 4. The fourth-order valence-electron chi connectivity index (χ4n) is 4.04. The minimum absolute atomic E-state index is 0.285. The zero-order valence-corrected chi connectivity index (χ0v) is 18.5. The molecule has 3 aromatic rings. The summed E-state index contributed by atoms with van der Waals surface area (Å²) in [6.45, 7) is 1.52. The van der Waals surface area contributed by atoms with E-state index in [-0.39, 0.29) is 5.75 Å². The summed E-state index contributed by atoms with van der Waals surface area (Å²) in [6, 6.07) is 12.9. The first-order chi connectivity index (χ1) is 15.7.